The smallest absolute Gasteiger partial charge is 0.162 e. The lowest BCUT2D eigenvalue weighted by molar-refractivity contribution is -0.121. The van der Waals surface area contributed by atoms with Crippen LogP contribution in [-0.4, -0.2) is 5.78 Å². The van der Waals surface area contributed by atoms with Gasteiger partial charge >= 0.3 is 0 Å². The summed E-state index contributed by atoms with van der Waals surface area (Å²) in [6.45, 7) is 2.13. The fraction of sp³-hybridized carbons (Fsp3) is 0.438. The second kappa shape index (κ2) is 4.14. The van der Waals surface area contributed by atoms with Gasteiger partial charge in [0.1, 0.15) is 0 Å². The Morgan fingerprint density at radius 1 is 1.24 bits per heavy atom. The standard InChI is InChI=1S/C16H18O/c1-2-11-7-8-14-9-12-5-3-4-6-13(12)10-15(14)16(11)17/h3-6,10-11,14H,2,7-9H2,1H3. The molecule has 17 heavy (non-hydrogen) atoms. The van der Waals surface area contributed by atoms with Gasteiger partial charge < -0.3 is 0 Å². The Morgan fingerprint density at radius 2 is 2.06 bits per heavy atom. The Balaban J connectivity index is 2.01. The molecule has 1 nitrogen and oxygen atoms in total. The quantitative estimate of drug-likeness (QED) is 0.714. The molecule has 0 heterocycles. The number of Topliss-reactive ketones (excluding diaryl/α,β-unsaturated/α-hetero) is 1. The van der Waals surface area contributed by atoms with Crippen molar-refractivity contribution in [1.82, 2.24) is 0 Å². The molecule has 2 unspecified atom stereocenters. The third kappa shape index (κ3) is 1.74. The molecule has 1 aromatic rings. The Bertz CT molecular complexity index is 484. The largest absolute Gasteiger partial charge is 0.294 e. The zero-order valence-corrected chi connectivity index (χ0v) is 10.3. The normalized spacial score (nSPS) is 27.1. The maximum absolute atomic E-state index is 12.3. The van der Waals surface area contributed by atoms with E-state index in [0.717, 1.165) is 24.8 Å². The van der Waals surface area contributed by atoms with E-state index < -0.39 is 0 Å². The van der Waals surface area contributed by atoms with Crippen molar-refractivity contribution in [3.8, 4) is 0 Å². The molecular formula is C16H18O. The van der Waals surface area contributed by atoms with E-state index in [1.54, 1.807) is 0 Å². The van der Waals surface area contributed by atoms with Gasteiger partial charge in [0.25, 0.3) is 0 Å². The van der Waals surface area contributed by atoms with Crippen molar-refractivity contribution in [2.75, 3.05) is 0 Å². The zero-order valence-electron chi connectivity index (χ0n) is 10.3. The summed E-state index contributed by atoms with van der Waals surface area (Å²) in [7, 11) is 0. The van der Waals surface area contributed by atoms with Gasteiger partial charge in [-0.3, -0.25) is 4.79 Å². The van der Waals surface area contributed by atoms with Crippen molar-refractivity contribution in [1.29, 1.82) is 0 Å². The highest BCUT2D eigenvalue weighted by atomic mass is 16.1. The number of rotatable bonds is 1. The summed E-state index contributed by atoms with van der Waals surface area (Å²) in [4.78, 5) is 12.3. The number of fused-ring (bicyclic) bond motifs is 2. The molecule has 1 saturated carbocycles. The van der Waals surface area contributed by atoms with Crippen molar-refractivity contribution < 1.29 is 4.79 Å². The predicted molar refractivity (Wildman–Crippen MR) is 69.6 cm³/mol. The van der Waals surface area contributed by atoms with Crippen molar-refractivity contribution in [2.24, 2.45) is 11.8 Å². The monoisotopic (exact) mass is 226 g/mol. The van der Waals surface area contributed by atoms with Crippen LogP contribution in [0.15, 0.2) is 29.8 Å². The first-order valence-electron chi connectivity index (χ1n) is 6.63. The molecule has 0 saturated heterocycles. The Hall–Kier alpha value is -1.37. The molecule has 0 aliphatic heterocycles. The third-order valence-corrected chi connectivity index (χ3v) is 4.28. The summed E-state index contributed by atoms with van der Waals surface area (Å²) in [6.07, 6.45) is 6.46. The maximum atomic E-state index is 12.3. The molecule has 88 valence electrons. The molecule has 0 radical (unpaired) electrons. The fourth-order valence-corrected chi connectivity index (χ4v) is 3.21. The number of carbonyl (C=O) groups is 1. The second-order valence-electron chi connectivity index (χ2n) is 5.25. The predicted octanol–water partition coefficient (Wildman–Crippen LogP) is 3.63. The fourth-order valence-electron chi connectivity index (χ4n) is 3.21. The van der Waals surface area contributed by atoms with Crippen LogP contribution in [0.2, 0.25) is 0 Å². The van der Waals surface area contributed by atoms with Gasteiger partial charge in [0, 0.05) is 5.92 Å². The van der Waals surface area contributed by atoms with Gasteiger partial charge in [-0.15, -0.1) is 0 Å². The number of hydrogen-bond donors (Lipinski definition) is 0. The van der Waals surface area contributed by atoms with E-state index in [9.17, 15) is 4.79 Å². The van der Waals surface area contributed by atoms with E-state index in [1.165, 1.54) is 17.5 Å². The van der Waals surface area contributed by atoms with Gasteiger partial charge in [-0.1, -0.05) is 31.2 Å². The van der Waals surface area contributed by atoms with Crippen LogP contribution in [0.3, 0.4) is 0 Å². The summed E-state index contributed by atoms with van der Waals surface area (Å²) in [5.74, 6) is 1.18. The minimum absolute atomic E-state index is 0.280. The van der Waals surface area contributed by atoms with Crippen LogP contribution in [0.4, 0.5) is 0 Å². The second-order valence-corrected chi connectivity index (χ2v) is 5.25. The van der Waals surface area contributed by atoms with E-state index in [0.29, 0.717) is 11.7 Å². The highest BCUT2D eigenvalue weighted by molar-refractivity contribution is 6.03. The van der Waals surface area contributed by atoms with Crippen LogP contribution >= 0.6 is 0 Å². The van der Waals surface area contributed by atoms with E-state index in [4.69, 9.17) is 0 Å². The molecule has 0 aromatic heterocycles. The molecule has 2 atom stereocenters. The van der Waals surface area contributed by atoms with Gasteiger partial charge in [-0.05, 0) is 54.4 Å². The Kier molecular flexibility index (Phi) is 2.62. The Labute approximate surface area is 103 Å². The van der Waals surface area contributed by atoms with E-state index in [1.807, 2.05) is 0 Å². The molecule has 0 bridgehead atoms. The number of hydrogen-bond acceptors (Lipinski definition) is 1. The molecule has 1 aromatic carbocycles. The molecule has 3 rings (SSSR count). The van der Waals surface area contributed by atoms with Crippen molar-refractivity contribution in [3.05, 3.63) is 41.0 Å². The highest BCUT2D eigenvalue weighted by Gasteiger charge is 2.34. The minimum atomic E-state index is 0.280. The lowest BCUT2D eigenvalue weighted by atomic mass is 9.70. The summed E-state index contributed by atoms with van der Waals surface area (Å²) < 4.78 is 0. The molecule has 0 amide bonds. The Morgan fingerprint density at radius 3 is 2.88 bits per heavy atom. The maximum Gasteiger partial charge on any atom is 0.162 e. The topological polar surface area (TPSA) is 17.1 Å². The first-order valence-corrected chi connectivity index (χ1v) is 6.63. The summed E-state index contributed by atoms with van der Waals surface area (Å²) in [5, 5.41) is 0. The van der Waals surface area contributed by atoms with E-state index in [-0.39, 0.29) is 5.92 Å². The van der Waals surface area contributed by atoms with E-state index >= 15 is 0 Å². The minimum Gasteiger partial charge on any atom is -0.294 e. The highest BCUT2D eigenvalue weighted by Crippen LogP contribution is 2.39. The summed E-state index contributed by atoms with van der Waals surface area (Å²) in [5.41, 5.74) is 3.76. The van der Waals surface area contributed by atoms with Crippen LogP contribution in [0.1, 0.15) is 37.3 Å². The average molecular weight is 226 g/mol. The molecule has 0 N–H and O–H groups in total. The van der Waals surface area contributed by atoms with Crippen molar-refractivity contribution in [2.45, 2.75) is 32.6 Å². The van der Waals surface area contributed by atoms with Crippen LogP contribution in [0.25, 0.3) is 6.08 Å². The van der Waals surface area contributed by atoms with E-state index in [2.05, 4.69) is 37.3 Å². The molecule has 2 aliphatic carbocycles. The van der Waals surface area contributed by atoms with Gasteiger partial charge in [-0.2, -0.15) is 0 Å². The van der Waals surface area contributed by atoms with Crippen molar-refractivity contribution in [3.63, 3.8) is 0 Å². The number of benzene rings is 1. The van der Waals surface area contributed by atoms with Gasteiger partial charge in [0.2, 0.25) is 0 Å². The number of carbonyl (C=O) groups excluding carboxylic acids is 1. The average Bonchev–Trinajstić information content (AvgIpc) is 2.37. The molecule has 2 aliphatic rings. The number of allylic oxidation sites excluding steroid dienone is 1. The van der Waals surface area contributed by atoms with Crippen LogP contribution in [0, 0.1) is 11.8 Å². The lowest BCUT2D eigenvalue weighted by Crippen LogP contribution is -2.30. The van der Waals surface area contributed by atoms with Crippen molar-refractivity contribution >= 4 is 11.9 Å². The SMILES string of the molecule is CCC1CCC2Cc3ccccc3C=C2C1=O. The van der Waals surface area contributed by atoms with Crippen LogP contribution in [-0.2, 0) is 11.2 Å². The molecule has 0 spiro atoms. The number of ketones is 1. The van der Waals surface area contributed by atoms with Crippen LogP contribution in [0.5, 0.6) is 0 Å². The first kappa shape index (κ1) is 10.8. The van der Waals surface area contributed by atoms with Gasteiger partial charge in [0.05, 0.1) is 0 Å². The molecule has 1 heteroatoms. The van der Waals surface area contributed by atoms with Gasteiger partial charge in [-0.25, -0.2) is 0 Å². The summed E-state index contributed by atoms with van der Waals surface area (Å²) in [6, 6.07) is 8.47. The van der Waals surface area contributed by atoms with Gasteiger partial charge in [0.15, 0.2) is 5.78 Å². The first-order chi connectivity index (χ1) is 8.29. The molecule has 1 fully saturated rings. The zero-order chi connectivity index (χ0) is 11.8. The molecular weight excluding hydrogens is 208 g/mol. The third-order valence-electron chi connectivity index (χ3n) is 4.28. The summed E-state index contributed by atoms with van der Waals surface area (Å²) >= 11 is 0. The lowest BCUT2D eigenvalue weighted by Gasteiger charge is -2.32. The van der Waals surface area contributed by atoms with Crippen LogP contribution < -0.4 is 0 Å².